The fourth-order valence-electron chi connectivity index (χ4n) is 0.527. The second-order valence-corrected chi connectivity index (χ2v) is 2.41. The molecule has 0 aliphatic heterocycles. The van der Waals surface area contributed by atoms with Crippen LogP contribution in [0.25, 0.3) is 0 Å². The van der Waals surface area contributed by atoms with Crippen LogP contribution in [0.1, 0.15) is 0 Å². The van der Waals surface area contributed by atoms with Gasteiger partial charge in [-0.3, -0.25) is 0 Å². The van der Waals surface area contributed by atoms with Gasteiger partial charge < -0.3 is 9.47 Å². The van der Waals surface area contributed by atoms with Crippen molar-refractivity contribution in [3.8, 4) is 0 Å². The third-order valence-electron chi connectivity index (χ3n) is 1.21. The molecular formula is C6H6F6O3. The van der Waals surface area contributed by atoms with Crippen LogP contribution in [0.15, 0.2) is 0 Å². The van der Waals surface area contributed by atoms with Crippen molar-refractivity contribution in [3.05, 3.63) is 0 Å². The van der Waals surface area contributed by atoms with Crippen LogP contribution < -0.4 is 0 Å². The van der Waals surface area contributed by atoms with Crippen LogP contribution in [0.2, 0.25) is 0 Å². The first-order chi connectivity index (χ1) is 6.61. The molecule has 0 aliphatic carbocycles. The van der Waals surface area contributed by atoms with Crippen molar-refractivity contribution in [2.45, 2.75) is 18.3 Å². The van der Waals surface area contributed by atoms with Gasteiger partial charge in [-0.2, -0.15) is 22.0 Å². The first kappa shape index (κ1) is 13.8. The molecule has 0 aliphatic rings. The van der Waals surface area contributed by atoms with Gasteiger partial charge in [0.1, 0.15) is 0 Å². The van der Waals surface area contributed by atoms with E-state index in [0.29, 0.717) is 0 Å². The molecule has 0 rings (SSSR count). The minimum atomic E-state index is -5.72. The van der Waals surface area contributed by atoms with Gasteiger partial charge in [-0.05, 0) is 0 Å². The highest BCUT2D eigenvalue weighted by Crippen LogP contribution is 2.34. The average molecular weight is 240 g/mol. The Hall–Kier alpha value is -1.15. The second kappa shape index (κ2) is 4.58. The molecule has 0 saturated heterocycles. The number of halogens is 6. The van der Waals surface area contributed by atoms with Crippen LogP contribution in [-0.2, 0) is 9.47 Å². The molecule has 3 nitrogen and oxygen atoms in total. The third kappa shape index (κ3) is 4.26. The Kier molecular flexibility index (Phi) is 4.23. The minimum absolute atomic E-state index is 0.761. The van der Waals surface area contributed by atoms with E-state index in [4.69, 9.17) is 0 Å². The van der Waals surface area contributed by atoms with Crippen LogP contribution in [0.4, 0.5) is 31.1 Å². The highest BCUT2D eigenvalue weighted by molar-refractivity contribution is 5.59. The van der Waals surface area contributed by atoms with E-state index in [1.54, 1.807) is 0 Å². The van der Waals surface area contributed by atoms with Gasteiger partial charge in [0.2, 0.25) is 0 Å². The van der Waals surface area contributed by atoms with Crippen LogP contribution in [0, 0.1) is 0 Å². The molecule has 0 aromatic heterocycles. The Morgan fingerprint density at radius 2 is 1.73 bits per heavy atom. The molecule has 0 amide bonds. The first-order valence-corrected chi connectivity index (χ1v) is 3.40. The highest BCUT2D eigenvalue weighted by Gasteiger charge is 2.57. The maximum Gasteiger partial charge on any atom is 0.508 e. The zero-order valence-electron chi connectivity index (χ0n) is 7.28. The van der Waals surface area contributed by atoms with Crippen molar-refractivity contribution in [2.75, 3.05) is 13.7 Å². The third-order valence-corrected chi connectivity index (χ3v) is 1.21. The van der Waals surface area contributed by atoms with E-state index in [2.05, 4.69) is 9.47 Å². The van der Waals surface area contributed by atoms with Gasteiger partial charge in [0.15, 0.2) is 6.61 Å². The van der Waals surface area contributed by atoms with Crippen molar-refractivity contribution in [1.29, 1.82) is 0 Å². The lowest BCUT2D eigenvalue weighted by Crippen LogP contribution is -2.45. The predicted molar refractivity (Wildman–Crippen MR) is 34.3 cm³/mol. The molecule has 15 heavy (non-hydrogen) atoms. The number of ether oxygens (including phenoxy) is 2. The van der Waals surface area contributed by atoms with Crippen molar-refractivity contribution in [2.24, 2.45) is 0 Å². The van der Waals surface area contributed by atoms with Gasteiger partial charge in [-0.1, -0.05) is 0 Å². The van der Waals surface area contributed by atoms with E-state index in [-0.39, 0.29) is 0 Å². The van der Waals surface area contributed by atoms with E-state index in [0.717, 1.165) is 7.11 Å². The van der Waals surface area contributed by atoms with Gasteiger partial charge in [-0.15, -0.1) is 0 Å². The molecule has 0 N–H and O–H groups in total. The standard InChI is InChI=1S/C6H6F6O3/c1-14-4(13)15-2-5(8,9)3(7)6(10,11)12/h3H,2H2,1H3/t3-/m0/s1. The molecule has 0 saturated carbocycles. The van der Waals surface area contributed by atoms with Crippen LogP contribution in [0.5, 0.6) is 0 Å². The summed E-state index contributed by atoms with van der Waals surface area (Å²) in [6.07, 6.45) is -11.7. The predicted octanol–water partition coefficient (Wildman–Crippen LogP) is 2.31. The largest absolute Gasteiger partial charge is 0.508 e. The Morgan fingerprint density at radius 3 is 2.07 bits per heavy atom. The molecule has 0 aromatic rings. The van der Waals surface area contributed by atoms with Crippen LogP contribution >= 0.6 is 0 Å². The second-order valence-electron chi connectivity index (χ2n) is 2.41. The fraction of sp³-hybridized carbons (Fsp3) is 0.833. The quantitative estimate of drug-likeness (QED) is 0.560. The summed E-state index contributed by atoms with van der Waals surface area (Å²) in [5.74, 6) is -4.84. The number of carbonyl (C=O) groups excluding carboxylic acids is 1. The molecule has 0 spiro atoms. The lowest BCUT2D eigenvalue weighted by molar-refractivity contribution is -0.252. The van der Waals surface area contributed by atoms with E-state index < -0.39 is 31.0 Å². The maximum atomic E-state index is 12.4. The zero-order valence-corrected chi connectivity index (χ0v) is 7.28. The summed E-state index contributed by atoms with van der Waals surface area (Å²) < 4.78 is 78.7. The molecule has 0 unspecified atom stereocenters. The number of carbonyl (C=O) groups is 1. The molecule has 1 atom stereocenters. The van der Waals surface area contributed by atoms with E-state index >= 15 is 0 Å². The van der Waals surface area contributed by atoms with Gasteiger partial charge >= 0.3 is 18.3 Å². The number of methoxy groups -OCH3 is 1. The summed E-state index contributed by atoms with van der Waals surface area (Å²) in [4.78, 5) is 10.1. The van der Waals surface area contributed by atoms with Gasteiger partial charge in [0.25, 0.3) is 6.17 Å². The summed E-state index contributed by atoms with van der Waals surface area (Å²) in [7, 11) is 0.761. The molecule has 0 fully saturated rings. The topological polar surface area (TPSA) is 35.5 Å². The molecule has 0 aromatic carbocycles. The van der Waals surface area contributed by atoms with E-state index in [9.17, 15) is 31.1 Å². The fourth-order valence-corrected chi connectivity index (χ4v) is 0.527. The van der Waals surface area contributed by atoms with Gasteiger partial charge in [0, 0.05) is 0 Å². The van der Waals surface area contributed by atoms with Crippen molar-refractivity contribution in [3.63, 3.8) is 0 Å². The monoisotopic (exact) mass is 240 g/mol. The van der Waals surface area contributed by atoms with Crippen LogP contribution in [-0.4, -0.2) is 38.1 Å². The lowest BCUT2D eigenvalue weighted by atomic mass is 10.2. The molecule has 0 heterocycles. The lowest BCUT2D eigenvalue weighted by Gasteiger charge is -2.21. The Morgan fingerprint density at radius 1 is 1.27 bits per heavy atom. The first-order valence-electron chi connectivity index (χ1n) is 3.40. The number of alkyl halides is 6. The summed E-state index contributed by atoms with van der Waals surface area (Å²) in [6.45, 7) is -2.04. The molecular weight excluding hydrogens is 234 g/mol. The summed E-state index contributed by atoms with van der Waals surface area (Å²) in [5.41, 5.74) is 0. The zero-order chi connectivity index (χ0) is 12.3. The number of rotatable bonds is 3. The van der Waals surface area contributed by atoms with Crippen molar-refractivity contribution in [1.82, 2.24) is 0 Å². The smallest absolute Gasteiger partial charge is 0.438 e. The summed E-state index contributed by atoms with van der Waals surface area (Å²) in [5, 5.41) is 0. The van der Waals surface area contributed by atoms with Gasteiger partial charge in [-0.25, -0.2) is 9.18 Å². The van der Waals surface area contributed by atoms with E-state index in [1.165, 1.54) is 0 Å². The highest BCUT2D eigenvalue weighted by atomic mass is 19.4. The summed E-state index contributed by atoms with van der Waals surface area (Å²) in [6, 6.07) is 0. The SMILES string of the molecule is COC(=O)OCC(F)(F)[C@H](F)C(F)(F)F. The Labute approximate surface area is 79.9 Å². The molecule has 0 bridgehead atoms. The van der Waals surface area contributed by atoms with Crippen LogP contribution in [0.3, 0.4) is 0 Å². The van der Waals surface area contributed by atoms with Crippen molar-refractivity contribution >= 4 is 6.16 Å². The molecule has 0 radical (unpaired) electrons. The van der Waals surface area contributed by atoms with E-state index in [1.807, 2.05) is 0 Å². The number of hydrogen-bond donors (Lipinski definition) is 0. The summed E-state index contributed by atoms with van der Waals surface area (Å²) >= 11 is 0. The maximum absolute atomic E-state index is 12.4. The number of hydrogen-bond acceptors (Lipinski definition) is 3. The molecule has 9 heteroatoms. The molecule has 90 valence electrons. The minimum Gasteiger partial charge on any atom is -0.438 e. The van der Waals surface area contributed by atoms with Gasteiger partial charge in [0.05, 0.1) is 7.11 Å². The Balaban J connectivity index is 4.35. The van der Waals surface area contributed by atoms with Crippen molar-refractivity contribution < 1.29 is 40.6 Å². The Bertz CT molecular complexity index is 225. The average Bonchev–Trinajstić information content (AvgIpc) is 2.11. The normalized spacial score (nSPS) is 14.6.